The Kier molecular flexibility index (Phi) is 5.48. The maximum atomic E-state index is 12.8. The molecule has 3 aromatic rings. The van der Waals surface area contributed by atoms with Crippen molar-refractivity contribution in [2.24, 2.45) is 0 Å². The van der Waals surface area contributed by atoms with Crippen LogP contribution in [0.15, 0.2) is 65.6 Å². The predicted octanol–water partition coefficient (Wildman–Crippen LogP) is 5.29. The van der Waals surface area contributed by atoms with Crippen LogP contribution >= 0.6 is 11.6 Å². The molecule has 3 rings (SSSR count). The Morgan fingerprint density at radius 2 is 1.81 bits per heavy atom. The van der Waals surface area contributed by atoms with E-state index in [0.717, 1.165) is 23.1 Å². The summed E-state index contributed by atoms with van der Waals surface area (Å²) in [6, 6.07) is 17.5. The number of aryl methyl sites for hydroxylation is 1. The maximum Gasteiger partial charge on any atom is 0.251 e. The fraction of sp³-hybridized carbons (Fsp3) is 0.227. The number of rotatable bonds is 5. The molecule has 0 aliphatic heterocycles. The van der Waals surface area contributed by atoms with Gasteiger partial charge in [-0.15, -0.1) is 0 Å². The van der Waals surface area contributed by atoms with Gasteiger partial charge in [-0.3, -0.25) is 4.79 Å². The number of hydrogen-bond acceptors (Lipinski definition) is 2. The highest BCUT2D eigenvalue weighted by atomic mass is 35.5. The summed E-state index contributed by atoms with van der Waals surface area (Å²) < 4.78 is 7.32. The van der Waals surface area contributed by atoms with E-state index in [9.17, 15) is 4.79 Å². The largest absolute Gasteiger partial charge is 0.495 e. The van der Waals surface area contributed by atoms with Crippen molar-refractivity contribution >= 4 is 11.6 Å². The highest BCUT2D eigenvalue weighted by Gasteiger charge is 2.15. The quantitative estimate of drug-likeness (QED) is 0.613. The molecular formula is C22H22ClNO2. The van der Waals surface area contributed by atoms with Crippen molar-refractivity contribution in [2.75, 3.05) is 7.11 Å². The Labute approximate surface area is 158 Å². The number of aromatic nitrogens is 1. The van der Waals surface area contributed by atoms with Gasteiger partial charge in [-0.25, -0.2) is 0 Å². The summed E-state index contributed by atoms with van der Waals surface area (Å²) >= 11 is 6.15. The molecule has 0 spiro atoms. The van der Waals surface area contributed by atoms with E-state index in [1.54, 1.807) is 23.9 Å². The van der Waals surface area contributed by atoms with Gasteiger partial charge in [-0.05, 0) is 49.1 Å². The van der Waals surface area contributed by atoms with E-state index in [1.807, 2.05) is 50.2 Å². The van der Waals surface area contributed by atoms with Crippen LogP contribution in [0.5, 0.6) is 5.75 Å². The SMILES string of the molecule is COc1cn(C(C)Cc2ccccc2)c(=O)cc1-c1cc(Cl)ccc1C. The molecule has 0 amide bonds. The standard InChI is InChI=1S/C22H22ClNO2/c1-15-9-10-18(23)12-19(15)20-13-22(25)24(14-21(20)26-3)16(2)11-17-7-5-4-6-8-17/h4-10,12-14,16H,11H2,1-3H3. The van der Waals surface area contributed by atoms with Crippen LogP contribution < -0.4 is 10.3 Å². The third-order valence-corrected chi connectivity index (χ3v) is 4.84. The van der Waals surface area contributed by atoms with Crippen molar-refractivity contribution in [2.45, 2.75) is 26.3 Å². The number of pyridine rings is 1. The molecule has 1 heterocycles. The Bertz CT molecular complexity index is 964. The van der Waals surface area contributed by atoms with Crippen LogP contribution in [-0.4, -0.2) is 11.7 Å². The lowest BCUT2D eigenvalue weighted by Gasteiger charge is -2.19. The van der Waals surface area contributed by atoms with Gasteiger partial charge in [0.1, 0.15) is 5.75 Å². The summed E-state index contributed by atoms with van der Waals surface area (Å²) in [4.78, 5) is 12.8. The minimum absolute atomic E-state index is 0.0216. The molecule has 0 N–H and O–H groups in total. The lowest BCUT2D eigenvalue weighted by atomic mass is 10.0. The Morgan fingerprint density at radius 3 is 2.50 bits per heavy atom. The van der Waals surface area contributed by atoms with Gasteiger partial charge in [0.05, 0.1) is 13.3 Å². The molecule has 1 unspecified atom stereocenters. The molecule has 26 heavy (non-hydrogen) atoms. The average molecular weight is 368 g/mol. The molecule has 0 saturated carbocycles. The van der Waals surface area contributed by atoms with Gasteiger partial charge in [0, 0.05) is 22.7 Å². The molecule has 2 aromatic carbocycles. The lowest BCUT2D eigenvalue weighted by Crippen LogP contribution is -2.24. The van der Waals surface area contributed by atoms with E-state index < -0.39 is 0 Å². The zero-order valence-corrected chi connectivity index (χ0v) is 16.0. The first-order valence-corrected chi connectivity index (χ1v) is 8.98. The van der Waals surface area contributed by atoms with Gasteiger partial charge in [0.2, 0.25) is 0 Å². The van der Waals surface area contributed by atoms with Gasteiger partial charge in [0.25, 0.3) is 5.56 Å². The number of hydrogen-bond donors (Lipinski definition) is 0. The number of methoxy groups -OCH3 is 1. The van der Waals surface area contributed by atoms with Crippen molar-refractivity contribution in [1.82, 2.24) is 4.57 Å². The van der Waals surface area contributed by atoms with Crippen molar-refractivity contribution < 1.29 is 4.74 Å². The molecule has 1 aromatic heterocycles. The van der Waals surface area contributed by atoms with E-state index >= 15 is 0 Å². The number of halogens is 1. The predicted molar refractivity (Wildman–Crippen MR) is 107 cm³/mol. The molecule has 0 radical (unpaired) electrons. The molecule has 3 nitrogen and oxygen atoms in total. The first-order valence-electron chi connectivity index (χ1n) is 8.60. The van der Waals surface area contributed by atoms with Gasteiger partial charge < -0.3 is 9.30 Å². The first-order chi connectivity index (χ1) is 12.5. The molecule has 0 aliphatic carbocycles. The molecule has 1 atom stereocenters. The molecule has 0 fully saturated rings. The molecular weight excluding hydrogens is 346 g/mol. The van der Waals surface area contributed by atoms with Crippen LogP contribution in [-0.2, 0) is 6.42 Å². The van der Waals surface area contributed by atoms with Crippen molar-refractivity contribution in [3.05, 3.63) is 87.3 Å². The molecule has 0 bridgehead atoms. The third kappa shape index (κ3) is 3.83. The van der Waals surface area contributed by atoms with Crippen LogP contribution in [0.1, 0.15) is 24.1 Å². The third-order valence-electron chi connectivity index (χ3n) is 4.60. The lowest BCUT2D eigenvalue weighted by molar-refractivity contribution is 0.404. The fourth-order valence-corrected chi connectivity index (χ4v) is 3.36. The van der Waals surface area contributed by atoms with E-state index in [4.69, 9.17) is 16.3 Å². The summed E-state index contributed by atoms with van der Waals surface area (Å²) in [5.41, 5.74) is 3.86. The highest BCUT2D eigenvalue weighted by molar-refractivity contribution is 6.30. The van der Waals surface area contributed by atoms with E-state index in [1.165, 1.54) is 5.56 Å². The van der Waals surface area contributed by atoms with Gasteiger partial charge >= 0.3 is 0 Å². The average Bonchev–Trinajstić information content (AvgIpc) is 2.64. The normalized spacial score (nSPS) is 12.0. The second-order valence-corrected chi connectivity index (χ2v) is 6.94. The van der Waals surface area contributed by atoms with Crippen LogP contribution in [0.3, 0.4) is 0 Å². The molecule has 0 aliphatic rings. The molecule has 0 saturated heterocycles. The van der Waals surface area contributed by atoms with Gasteiger partial charge in [-0.2, -0.15) is 0 Å². The Hall–Kier alpha value is -2.52. The Morgan fingerprint density at radius 1 is 1.08 bits per heavy atom. The zero-order valence-electron chi connectivity index (χ0n) is 15.2. The number of nitrogens with zero attached hydrogens (tertiary/aromatic N) is 1. The van der Waals surface area contributed by atoms with E-state index in [0.29, 0.717) is 10.8 Å². The molecule has 134 valence electrons. The minimum Gasteiger partial charge on any atom is -0.495 e. The van der Waals surface area contributed by atoms with Crippen LogP contribution in [0.25, 0.3) is 11.1 Å². The zero-order chi connectivity index (χ0) is 18.7. The maximum absolute atomic E-state index is 12.8. The topological polar surface area (TPSA) is 31.2 Å². The Balaban J connectivity index is 2.02. The summed E-state index contributed by atoms with van der Waals surface area (Å²) in [6.07, 6.45) is 2.57. The summed E-state index contributed by atoms with van der Waals surface area (Å²) in [6.45, 7) is 4.03. The fourth-order valence-electron chi connectivity index (χ4n) is 3.18. The van der Waals surface area contributed by atoms with Crippen molar-refractivity contribution in [3.8, 4) is 16.9 Å². The second kappa shape index (κ2) is 7.79. The summed E-state index contributed by atoms with van der Waals surface area (Å²) in [7, 11) is 1.62. The van der Waals surface area contributed by atoms with Crippen LogP contribution in [0.2, 0.25) is 5.02 Å². The summed E-state index contributed by atoms with van der Waals surface area (Å²) in [5.74, 6) is 0.662. The van der Waals surface area contributed by atoms with Crippen molar-refractivity contribution in [1.29, 1.82) is 0 Å². The highest BCUT2D eigenvalue weighted by Crippen LogP contribution is 2.33. The smallest absolute Gasteiger partial charge is 0.251 e. The molecule has 4 heteroatoms. The van der Waals surface area contributed by atoms with Crippen LogP contribution in [0, 0.1) is 6.92 Å². The van der Waals surface area contributed by atoms with Crippen LogP contribution in [0.4, 0.5) is 0 Å². The number of ether oxygens (including phenoxy) is 1. The second-order valence-electron chi connectivity index (χ2n) is 6.50. The first kappa shape index (κ1) is 18.3. The minimum atomic E-state index is -0.0522. The van der Waals surface area contributed by atoms with E-state index in [2.05, 4.69) is 12.1 Å². The van der Waals surface area contributed by atoms with E-state index in [-0.39, 0.29) is 11.6 Å². The van der Waals surface area contributed by atoms with Gasteiger partial charge in [0.15, 0.2) is 0 Å². The number of benzene rings is 2. The van der Waals surface area contributed by atoms with Crippen molar-refractivity contribution in [3.63, 3.8) is 0 Å². The van der Waals surface area contributed by atoms with Gasteiger partial charge in [-0.1, -0.05) is 48.0 Å². The summed E-state index contributed by atoms with van der Waals surface area (Å²) in [5, 5.41) is 0.634. The monoisotopic (exact) mass is 367 g/mol.